The van der Waals surface area contributed by atoms with Gasteiger partial charge in [0.25, 0.3) is 0 Å². The van der Waals surface area contributed by atoms with E-state index in [4.69, 9.17) is 5.11 Å². The molecule has 0 aliphatic carbocycles. The maximum Gasteiger partial charge on any atom is 0.345 e. The van der Waals surface area contributed by atoms with Crippen LogP contribution >= 0.6 is 27.3 Å². The summed E-state index contributed by atoms with van der Waals surface area (Å²) in [7, 11) is 0. The third-order valence-electron chi connectivity index (χ3n) is 2.82. The third-order valence-corrected chi connectivity index (χ3v) is 4.59. The Balaban J connectivity index is 2.14. The molecule has 1 aromatic heterocycles. The van der Waals surface area contributed by atoms with Gasteiger partial charge in [-0.05, 0) is 59.1 Å². The number of aryl methyl sites for hydroxylation is 2. The van der Waals surface area contributed by atoms with Gasteiger partial charge in [0.05, 0.1) is 0 Å². The van der Waals surface area contributed by atoms with Crippen LogP contribution in [0.25, 0.3) is 0 Å². The van der Waals surface area contributed by atoms with Crippen LogP contribution in [0.5, 0.6) is 0 Å². The Morgan fingerprint density at radius 2 is 2.11 bits per heavy atom. The molecule has 0 bridgehead atoms. The predicted molar refractivity (Wildman–Crippen MR) is 82.2 cm³/mol. The van der Waals surface area contributed by atoms with Crippen LogP contribution in [0.15, 0.2) is 28.7 Å². The number of hydrogen-bond donors (Lipinski definition) is 2. The molecule has 0 fully saturated rings. The second kappa shape index (κ2) is 5.75. The molecule has 0 aliphatic heterocycles. The first kappa shape index (κ1) is 14.1. The van der Waals surface area contributed by atoms with Crippen molar-refractivity contribution in [1.82, 2.24) is 0 Å². The van der Waals surface area contributed by atoms with Gasteiger partial charge >= 0.3 is 5.97 Å². The molecule has 2 aromatic rings. The van der Waals surface area contributed by atoms with Gasteiger partial charge < -0.3 is 10.4 Å². The average molecular weight is 340 g/mol. The molecule has 1 aromatic carbocycles. The fraction of sp³-hybridized carbons (Fsp3) is 0.214. The number of carboxylic acid groups (broad SMARTS) is 1. The van der Waals surface area contributed by atoms with Crippen molar-refractivity contribution in [2.45, 2.75) is 20.4 Å². The van der Waals surface area contributed by atoms with E-state index in [9.17, 15) is 4.79 Å². The van der Waals surface area contributed by atoms with E-state index in [1.54, 1.807) is 6.07 Å². The van der Waals surface area contributed by atoms with Crippen molar-refractivity contribution in [3.8, 4) is 0 Å². The number of benzene rings is 1. The monoisotopic (exact) mass is 339 g/mol. The molecule has 2 N–H and O–H groups in total. The normalized spacial score (nSPS) is 10.5. The highest BCUT2D eigenvalue weighted by atomic mass is 79.9. The van der Waals surface area contributed by atoms with Crippen molar-refractivity contribution in [2.24, 2.45) is 0 Å². The first-order chi connectivity index (χ1) is 8.97. The van der Waals surface area contributed by atoms with Crippen molar-refractivity contribution < 1.29 is 9.90 Å². The summed E-state index contributed by atoms with van der Waals surface area (Å²) >= 11 is 4.81. The highest BCUT2D eigenvalue weighted by Gasteiger charge is 2.11. The van der Waals surface area contributed by atoms with Crippen molar-refractivity contribution in [3.05, 3.63) is 49.6 Å². The second-order valence-electron chi connectivity index (χ2n) is 4.33. The molecule has 0 saturated heterocycles. The Hall–Kier alpha value is -1.33. The fourth-order valence-electron chi connectivity index (χ4n) is 1.77. The molecule has 0 amide bonds. The smallest absolute Gasteiger partial charge is 0.345 e. The molecule has 19 heavy (non-hydrogen) atoms. The Morgan fingerprint density at radius 1 is 1.37 bits per heavy atom. The Kier molecular flexibility index (Phi) is 4.27. The van der Waals surface area contributed by atoms with Gasteiger partial charge in [-0.2, -0.15) is 0 Å². The zero-order valence-electron chi connectivity index (χ0n) is 10.7. The molecule has 3 nitrogen and oxygen atoms in total. The van der Waals surface area contributed by atoms with Crippen molar-refractivity contribution in [2.75, 3.05) is 5.32 Å². The van der Waals surface area contributed by atoms with E-state index in [0.29, 0.717) is 11.4 Å². The van der Waals surface area contributed by atoms with Crippen LogP contribution in [0.3, 0.4) is 0 Å². The lowest BCUT2D eigenvalue weighted by molar-refractivity contribution is 0.0702. The second-order valence-corrected chi connectivity index (χ2v) is 6.44. The number of carboxylic acids is 1. The Morgan fingerprint density at radius 3 is 2.74 bits per heavy atom. The first-order valence-electron chi connectivity index (χ1n) is 5.80. The Bertz CT molecular complexity index is 622. The van der Waals surface area contributed by atoms with Crippen LogP contribution < -0.4 is 5.32 Å². The van der Waals surface area contributed by atoms with Gasteiger partial charge in [-0.3, -0.25) is 0 Å². The molecule has 0 saturated carbocycles. The van der Waals surface area contributed by atoms with Gasteiger partial charge in [-0.15, -0.1) is 11.3 Å². The minimum Gasteiger partial charge on any atom is -0.477 e. The van der Waals surface area contributed by atoms with Gasteiger partial charge in [-0.1, -0.05) is 6.07 Å². The zero-order chi connectivity index (χ0) is 14.0. The number of rotatable bonds is 4. The number of nitrogens with one attached hydrogen (secondary N) is 1. The van der Waals surface area contributed by atoms with E-state index in [1.165, 1.54) is 16.9 Å². The van der Waals surface area contributed by atoms with E-state index in [-0.39, 0.29) is 0 Å². The summed E-state index contributed by atoms with van der Waals surface area (Å²) in [5.74, 6) is -0.865. The van der Waals surface area contributed by atoms with Crippen molar-refractivity contribution in [1.29, 1.82) is 0 Å². The highest BCUT2D eigenvalue weighted by Crippen LogP contribution is 2.26. The molecule has 0 unspecified atom stereocenters. The van der Waals surface area contributed by atoms with Crippen LogP contribution in [0.2, 0.25) is 0 Å². The van der Waals surface area contributed by atoms with Crippen LogP contribution in [0, 0.1) is 13.8 Å². The summed E-state index contributed by atoms with van der Waals surface area (Å²) in [6.07, 6.45) is 0. The topological polar surface area (TPSA) is 49.3 Å². The summed E-state index contributed by atoms with van der Waals surface area (Å²) in [5, 5.41) is 12.3. The molecule has 0 radical (unpaired) electrons. The average Bonchev–Trinajstić information content (AvgIpc) is 2.72. The van der Waals surface area contributed by atoms with Gasteiger partial charge in [0.2, 0.25) is 0 Å². The summed E-state index contributed by atoms with van der Waals surface area (Å²) in [6.45, 7) is 4.60. The summed E-state index contributed by atoms with van der Waals surface area (Å²) in [4.78, 5) is 12.3. The SMILES string of the molecule is Cc1ccc(Br)c(NCc2cc(C(=O)O)sc2C)c1. The summed E-state index contributed by atoms with van der Waals surface area (Å²) in [5.41, 5.74) is 3.22. The lowest BCUT2D eigenvalue weighted by Gasteiger charge is -2.09. The maximum atomic E-state index is 10.9. The predicted octanol–water partition coefficient (Wildman–Crippen LogP) is 4.44. The molecule has 2 rings (SSSR count). The summed E-state index contributed by atoms with van der Waals surface area (Å²) in [6, 6.07) is 7.83. The number of halogens is 1. The van der Waals surface area contributed by atoms with Crippen LogP contribution in [-0.2, 0) is 6.54 Å². The molecule has 100 valence electrons. The Labute approximate surface area is 124 Å². The lowest BCUT2D eigenvalue weighted by Crippen LogP contribution is -2.00. The summed E-state index contributed by atoms with van der Waals surface area (Å²) < 4.78 is 1.00. The minimum absolute atomic E-state index is 0.387. The van der Waals surface area contributed by atoms with E-state index in [1.807, 2.05) is 26.0 Å². The van der Waals surface area contributed by atoms with Crippen LogP contribution in [0.1, 0.15) is 25.7 Å². The molecule has 5 heteroatoms. The van der Waals surface area contributed by atoms with Gasteiger partial charge in [0.1, 0.15) is 4.88 Å². The van der Waals surface area contributed by atoms with Crippen LogP contribution in [0.4, 0.5) is 5.69 Å². The minimum atomic E-state index is -0.865. The molecule has 0 spiro atoms. The first-order valence-corrected chi connectivity index (χ1v) is 7.41. The largest absolute Gasteiger partial charge is 0.477 e. The standard InChI is InChI=1S/C14H14BrNO2S/c1-8-3-4-11(15)12(5-8)16-7-10-6-13(14(17)18)19-9(10)2/h3-6,16H,7H2,1-2H3,(H,17,18). The van der Waals surface area contributed by atoms with E-state index in [0.717, 1.165) is 20.6 Å². The van der Waals surface area contributed by atoms with Crippen molar-refractivity contribution in [3.63, 3.8) is 0 Å². The third kappa shape index (κ3) is 3.36. The fourth-order valence-corrected chi connectivity index (χ4v) is 3.03. The van der Waals surface area contributed by atoms with Crippen molar-refractivity contribution >= 4 is 38.9 Å². The van der Waals surface area contributed by atoms with Crippen LogP contribution in [-0.4, -0.2) is 11.1 Å². The quantitative estimate of drug-likeness (QED) is 0.865. The molecule has 0 aliphatic rings. The molecule has 0 atom stereocenters. The van der Waals surface area contributed by atoms with E-state index >= 15 is 0 Å². The number of carbonyl (C=O) groups is 1. The number of aromatic carboxylic acids is 1. The molecular formula is C14H14BrNO2S. The van der Waals surface area contributed by atoms with Gasteiger partial charge in [0.15, 0.2) is 0 Å². The number of thiophene rings is 1. The van der Waals surface area contributed by atoms with Gasteiger partial charge in [-0.25, -0.2) is 4.79 Å². The number of hydrogen-bond acceptors (Lipinski definition) is 3. The number of anilines is 1. The lowest BCUT2D eigenvalue weighted by atomic mass is 10.2. The highest BCUT2D eigenvalue weighted by molar-refractivity contribution is 9.10. The molecule has 1 heterocycles. The van der Waals surface area contributed by atoms with E-state index < -0.39 is 5.97 Å². The maximum absolute atomic E-state index is 10.9. The zero-order valence-corrected chi connectivity index (χ0v) is 13.1. The molecular weight excluding hydrogens is 326 g/mol. The van der Waals surface area contributed by atoms with E-state index in [2.05, 4.69) is 27.3 Å². The van der Waals surface area contributed by atoms with Gasteiger partial charge in [0, 0.05) is 21.6 Å².